The van der Waals surface area contributed by atoms with Crippen molar-refractivity contribution in [3.05, 3.63) is 82.8 Å². The molecule has 9 nitrogen and oxygen atoms in total. The molecule has 5 rings (SSSR count). The van der Waals surface area contributed by atoms with E-state index in [2.05, 4.69) is 10.0 Å². The van der Waals surface area contributed by atoms with E-state index in [9.17, 15) is 18.0 Å². The summed E-state index contributed by atoms with van der Waals surface area (Å²) in [6, 6.07) is 18.2. The topological polar surface area (TPSA) is 110 Å². The van der Waals surface area contributed by atoms with Crippen LogP contribution in [0, 0.1) is 5.92 Å². The van der Waals surface area contributed by atoms with Gasteiger partial charge in [0.15, 0.2) is 0 Å². The molecule has 2 atom stereocenters. The van der Waals surface area contributed by atoms with Crippen LogP contribution >= 0.6 is 0 Å². The van der Waals surface area contributed by atoms with Gasteiger partial charge in [-0.05, 0) is 60.9 Å². The number of rotatable bonds is 5. The van der Waals surface area contributed by atoms with Crippen molar-refractivity contribution in [3.8, 4) is 5.75 Å². The third-order valence-electron chi connectivity index (χ3n) is 6.53. The van der Waals surface area contributed by atoms with Gasteiger partial charge in [-0.3, -0.25) is 9.52 Å². The number of urea groups is 1. The summed E-state index contributed by atoms with van der Waals surface area (Å²) in [6.45, 7) is 1.43. The first-order chi connectivity index (χ1) is 16.8. The third kappa shape index (κ3) is 4.61. The number of carbonyl (C=O) groups is 1. The van der Waals surface area contributed by atoms with Crippen molar-refractivity contribution >= 4 is 27.4 Å². The standard InChI is InChI=1S/C25H26N4O5S/c1-34-20-9-7-19(8-10-20)26-25(31)28-14-17-13-18(16-28)23-12-11-22(24(30)29(23)15-17)27-35(32,33)21-5-3-2-4-6-21/h2-12,17-18,27H,13-16H2,1H3,(H,26,31). The highest BCUT2D eigenvalue weighted by Crippen LogP contribution is 2.36. The van der Waals surface area contributed by atoms with Gasteiger partial charge in [0.2, 0.25) is 0 Å². The van der Waals surface area contributed by atoms with E-state index in [1.54, 1.807) is 65.1 Å². The molecule has 1 aromatic heterocycles. The predicted octanol–water partition coefficient (Wildman–Crippen LogP) is 3.31. The molecule has 10 heteroatoms. The quantitative estimate of drug-likeness (QED) is 0.566. The molecule has 3 heterocycles. The Morgan fingerprint density at radius 3 is 2.43 bits per heavy atom. The maximum Gasteiger partial charge on any atom is 0.321 e. The fraction of sp³-hybridized carbons (Fsp3) is 0.280. The third-order valence-corrected chi connectivity index (χ3v) is 7.91. The number of sulfonamides is 1. The second-order valence-corrected chi connectivity index (χ2v) is 10.6. The number of amides is 2. The number of hydrogen-bond donors (Lipinski definition) is 2. The minimum atomic E-state index is -3.87. The van der Waals surface area contributed by atoms with E-state index in [1.807, 2.05) is 0 Å². The molecule has 0 radical (unpaired) electrons. The van der Waals surface area contributed by atoms with E-state index in [1.165, 1.54) is 18.2 Å². The Kier molecular flexibility index (Phi) is 5.98. The monoisotopic (exact) mass is 494 g/mol. The average molecular weight is 495 g/mol. The Hall–Kier alpha value is -3.79. The van der Waals surface area contributed by atoms with Crippen molar-refractivity contribution in [3.63, 3.8) is 0 Å². The minimum absolute atomic E-state index is 0.00315. The van der Waals surface area contributed by atoms with Crippen LogP contribution in [0.15, 0.2) is 76.4 Å². The van der Waals surface area contributed by atoms with Crippen molar-refractivity contribution in [2.45, 2.75) is 23.8 Å². The van der Waals surface area contributed by atoms with Gasteiger partial charge in [-0.25, -0.2) is 13.2 Å². The van der Waals surface area contributed by atoms with Crippen LogP contribution in [0.25, 0.3) is 0 Å². The average Bonchev–Trinajstić information content (AvgIpc) is 2.87. The van der Waals surface area contributed by atoms with E-state index in [4.69, 9.17) is 4.74 Å². The SMILES string of the molecule is COc1ccc(NC(=O)N2CC3CC(C2)c2ccc(NS(=O)(=O)c4ccccc4)c(=O)n2C3)cc1. The highest BCUT2D eigenvalue weighted by molar-refractivity contribution is 7.92. The Labute approximate surface area is 203 Å². The molecule has 2 bridgehead atoms. The Bertz CT molecular complexity index is 1400. The van der Waals surface area contributed by atoms with Crippen LogP contribution in [-0.4, -0.2) is 44.1 Å². The summed E-state index contributed by atoms with van der Waals surface area (Å²) < 4.78 is 34.7. The number of nitrogens with zero attached hydrogens (tertiary/aromatic N) is 2. The molecule has 0 saturated carbocycles. The fourth-order valence-corrected chi connectivity index (χ4v) is 5.95. The molecule has 2 aliphatic rings. The fourth-order valence-electron chi connectivity index (χ4n) is 4.87. The zero-order valence-electron chi connectivity index (χ0n) is 19.2. The number of hydrogen-bond acceptors (Lipinski definition) is 5. The van der Waals surface area contributed by atoms with E-state index >= 15 is 0 Å². The largest absolute Gasteiger partial charge is 0.497 e. The number of fused-ring (bicyclic) bond motifs is 4. The second kappa shape index (κ2) is 9.10. The van der Waals surface area contributed by atoms with Gasteiger partial charge in [0, 0.05) is 36.9 Å². The Balaban J connectivity index is 1.33. The van der Waals surface area contributed by atoms with E-state index in [0.29, 0.717) is 31.1 Å². The molecule has 2 unspecified atom stereocenters. The van der Waals surface area contributed by atoms with Crippen LogP contribution < -0.4 is 20.3 Å². The zero-order chi connectivity index (χ0) is 24.6. The van der Waals surface area contributed by atoms with Gasteiger partial charge >= 0.3 is 6.03 Å². The van der Waals surface area contributed by atoms with Crippen LogP contribution in [0.2, 0.25) is 0 Å². The predicted molar refractivity (Wildman–Crippen MR) is 132 cm³/mol. The molecular formula is C25H26N4O5S. The Morgan fingerprint density at radius 2 is 1.71 bits per heavy atom. The summed E-state index contributed by atoms with van der Waals surface area (Å²) in [5.74, 6) is 0.807. The lowest BCUT2D eigenvalue weighted by atomic mass is 9.83. The summed E-state index contributed by atoms with van der Waals surface area (Å²) in [6.07, 6.45) is 0.876. The van der Waals surface area contributed by atoms with E-state index in [-0.39, 0.29) is 34.0 Å². The summed E-state index contributed by atoms with van der Waals surface area (Å²) >= 11 is 0. The van der Waals surface area contributed by atoms with Crippen LogP contribution in [0.1, 0.15) is 18.0 Å². The van der Waals surface area contributed by atoms with Gasteiger partial charge in [0.05, 0.1) is 12.0 Å². The molecule has 2 N–H and O–H groups in total. The smallest absolute Gasteiger partial charge is 0.321 e. The van der Waals surface area contributed by atoms with Gasteiger partial charge in [-0.15, -0.1) is 0 Å². The first-order valence-electron chi connectivity index (χ1n) is 11.4. The molecule has 2 aliphatic heterocycles. The number of anilines is 2. The van der Waals surface area contributed by atoms with Crippen LogP contribution in [0.4, 0.5) is 16.2 Å². The van der Waals surface area contributed by atoms with Crippen LogP contribution in [0.5, 0.6) is 5.75 Å². The highest BCUT2D eigenvalue weighted by Gasteiger charge is 2.37. The van der Waals surface area contributed by atoms with Crippen LogP contribution in [0.3, 0.4) is 0 Å². The molecular weight excluding hydrogens is 468 g/mol. The maximum atomic E-state index is 13.2. The first-order valence-corrected chi connectivity index (χ1v) is 12.8. The van der Waals surface area contributed by atoms with Crippen molar-refractivity contribution in [2.24, 2.45) is 5.92 Å². The summed E-state index contributed by atoms with van der Waals surface area (Å²) in [5.41, 5.74) is 1.15. The number of likely N-dealkylation sites (tertiary alicyclic amines) is 1. The molecule has 35 heavy (non-hydrogen) atoms. The molecule has 2 aromatic carbocycles. The van der Waals surface area contributed by atoms with Crippen molar-refractivity contribution in [2.75, 3.05) is 30.2 Å². The van der Waals surface area contributed by atoms with Crippen molar-refractivity contribution < 1.29 is 17.9 Å². The highest BCUT2D eigenvalue weighted by atomic mass is 32.2. The zero-order valence-corrected chi connectivity index (χ0v) is 20.0. The summed E-state index contributed by atoms with van der Waals surface area (Å²) in [5, 5.41) is 2.92. The molecule has 1 fully saturated rings. The first kappa shape index (κ1) is 23.0. The second-order valence-electron chi connectivity index (χ2n) is 8.87. The number of benzene rings is 2. The summed E-state index contributed by atoms with van der Waals surface area (Å²) in [7, 11) is -2.28. The van der Waals surface area contributed by atoms with Gasteiger partial charge in [-0.1, -0.05) is 18.2 Å². The molecule has 0 spiro atoms. The minimum Gasteiger partial charge on any atom is -0.497 e. The van der Waals surface area contributed by atoms with E-state index < -0.39 is 10.0 Å². The molecule has 3 aromatic rings. The maximum absolute atomic E-state index is 13.2. The molecule has 2 amide bonds. The van der Waals surface area contributed by atoms with Crippen molar-refractivity contribution in [1.82, 2.24) is 9.47 Å². The summed E-state index contributed by atoms with van der Waals surface area (Å²) in [4.78, 5) is 28.0. The van der Waals surface area contributed by atoms with Gasteiger partial charge in [0.1, 0.15) is 11.4 Å². The number of nitrogens with one attached hydrogen (secondary N) is 2. The lowest BCUT2D eigenvalue weighted by Gasteiger charge is -2.42. The number of methoxy groups -OCH3 is 1. The number of carbonyl (C=O) groups excluding carboxylic acids is 1. The number of ether oxygens (including phenoxy) is 1. The number of aromatic nitrogens is 1. The van der Waals surface area contributed by atoms with Gasteiger partial charge in [-0.2, -0.15) is 0 Å². The van der Waals surface area contributed by atoms with Crippen LogP contribution in [-0.2, 0) is 16.6 Å². The molecule has 0 aliphatic carbocycles. The Morgan fingerprint density at radius 1 is 0.971 bits per heavy atom. The lowest BCUT2D eigenvalue weighted by molar-refractivity contribution is 0.139. The number of pyridine rings is 1. The van der Waals surface area contributed by atoms with E-state index in [0.717, 1.165) is 12.1 Å². The van der Waals surface area contributed by atoms with Gasteiger partial charge in [0.25, 0.3) is 15.6 Å². The number of piperidine rings is 1. The van der Waals surface area contributed by atoms with Crippen molar-refractivity contribution in [1.29, 1.82) is 0 Å². The van der Waals surface area contributed by atoms with Gasteiger partial charge < -0.3 is 19.5 Å². The molecule has 182 valence electrons. The molecule has 1 saturated heterocycles. The normalized spacial score (nSPS) is 18.9. The lowest BCUT2D eigenvalue weighted by Crippen LogP contribution is -2.50.